The lowest BCUT2D eigenvalue weighted by atomic mass is 10.0. The van der Waals surface area contributed by atoms with E-state index in [1.165, 1.54) is 14.2 Å². The van der Waals surface area contributed by atoms with Crippen molar-refractivity contribution in [2.24, 2.45) is 5.73 Å². The summed E-state index contributed by atoms with van der Waals surface area (Å²) in [6.45, 7) is 0.452. The van der Waals surface area contributed by atoms with E-state index < -0.39 is 6.04 Å². The highest BCUT2D eigenvalue weighted by atomic mass is 16.5. The van der Waals surface area contributed by atoms with Gasteiger partial charge in [0.05, 0.1) is 20.3 Å². The summed E-state index contributed by atoms with van der Waals surface area (Å²) in [5, 5.41) is 0. The smallest absolute Gasteiger partial charge is 0.179 e. The first-order valence-electron chi connectivity index (χ1n) is 5.64. The van der Waals surface area contributed by atoms with Gasteiger partial charge in [0, 0.05) is 25.3 Å². The second-order valence-corrected chi connectivity index (χ2v) is 3.85. The van der Waals surface area contributed by atoms with Gasteiger partial charge < -0.3 is 19.9 Å². The minimum Gasteiger partial charge on any atom is -0.497 e. The Balaban J connectivity index is 2.90. The molecule has 0 fully saturated rings. The summed E-state index contributed by atoms with van der Waals surface area (Å²) < 4.78 is 15.1. The van der Waals surface area contributed by atoms with E-state index in [9.17, 15) is 4.79 Å². The molecule has 0 radical (unpaired) electrons. The molecule has 0 bridgehead atoms. The Hall–Kier alpha value is -1.59. The Morgan fingerprint density at radius 2 is 1.72 bits per heavy atom. The second kappa shape index (κ2) is 6.98. The number of hydrogen-bond donors (Lipinski definition) is 1. The number of ether oxygens (including phenoxy) is 3. The van der Waals surface area contributed by atoms with Crippen LogP contribution in [0.2, 0.25) is 0 Å². The highest BCUT2D eigenvalue weighted by Gasteiger charge is 2.17. The first-order valence-corrected chi connectivity index (χ1v) is 5.64. The van der Waals surface area contributed by atoms with E-state index in [1.807, 2.05) is 0 Å². The van der Waals surface area contributed by atoms with Crippen LogP contribution in [-0.4, -0.2) is 39.8 Å². The van der Waals surface area contributed by atoms with Crippen LogP contribution in [0.4, 0.5) is 0 Å². The van der Waals surface area contributed by atoms with E-state index in [4.69, 9.17) is 19.9 Å². The average Bonchev–Trinajstić information content (AvgIpc) is 2.43. The normalized spacial score (nSPS) is 12.0. The second-order valence-electron chi connectivity index (χ2n) is 3.85. The summed E-state index contributed by atoms with van der Waals surface area (Å²) in [4.78, 5) is 12.1. The molecular formula is C13H19NO4. The van der Waals surface area contributed by atoms with E-state index in [0.717, 1.165) is 0 Å². The molecule has 1 aromatic rings. The fourth-order valence-corrected chi connectivity index (χ4v) is 1.54. The number of carbonyl (C=O) groups is 1. The first-order chi connectivity index (χ1) is 8.62. The molecule has 1 aromatic carbocycles. The SMILES string of the molecule is COCCC(N)C(=O)c1cc(OC)cc(OC)c1. The molecule has 0 aromatic heterocycles. The number of ketones is 1. The van der Waals surface area contributed by atoms with Crippen LogP contribution in [0, 0.1) is 0 Å². The molecule has 1 unspecified atom stereocenters. The average molecular weight is 253 g/mol. The van der Waals surface area contributed by atoms with Gasteiger partial charge in [-0.15, -0.1) is 0 Å². The topological polar surface area (TPSA) is 70.8 Å². The van der Waals surface area contributed by atoms with E-state index in [2.05, 4.69) is 0 Å². The number of hydrogen-bond acceptors (Lipinski definition) is 5. The molecule has 0 aliphatic heterocycles. The van der Waals surface area contributed by atoms with Gasteiger partial charge >= 0.3 is 0 Å². The van der Waals surface area contributed by atoms with E-state index >= 15 is 0 Å². The molecular weight excluding hydrogens is 234 g/mol. The van der Waals surface area contributed by atoms with Crippen molar-refractivity contribution < 1.29 is 19.0 Å². The maximum absolute atomic E-state index is 12.1. The molecule has 0 aliphatic carbocycles. The standard InChI is InChI=1S/C13H19NO4/c1-16-5-4-12(14)13(15)9-6-10(17-2)8-11(7-9)18-3/h6-8,12H,4-5,14H2,1-3H3. The number of nitrogens with two attached hydrogens (primary N) is 1. The Bertz CT molecular complexity index is 384. The summed E-state index contributed by atoms with van der Waals surface area (Å²) in [6.07, 6.45) is 0.481. The van der Waals surface area contributed by atoms with Crippen LogP contribution in [0.3, 0.4) is 0 Å². The maximum Gasteiger partial charge on any atom is 0.179 e. The van der Waals surface area contributed by atoms with Crippen LogP contribution in [-0.2, 0) is 4.74 Å². The molecule has 18 heavy (non-hydrogen) atoms. The Morgan fingerprint density at radius 3 is 2.17 bits per heavy atom. The highest BCUT2D eigenvalue weighted by molar-refractivity contribution is 6.00. The molecule has 0 saturated carbocycles. The zero-order chi connectivity index (χ0) is 13.5. The Kier molecular flexibility index (Phi) is 5.61. The lowest BCUT2D eigenvalue weighted by Gasteiger charge is -2.12. The molecule has 0 saturated heterocycles. The Labute approximate surface area is 107 Å². The third-order valence-corrected chi connectivity index (χ3v) is 2.61. The van der Waals surface area contributed by atoms with Crippen molar-refractivity contribution in [3.63, 3.8) is 0 Å². The summed E-state index contributed by atoms with van der Waals surface area (Å²) in [5.41, 5.74) is 6.29. The number of Topliss-reactive ketones (excluding diaryl/α,β-unsaturated/α-hetero) is 1. The van der Waals surface area contributed by atoms with E-state index in [0.29, 0.717) is 30.1 Å². The lowest BCUT2D eigenvalue weighted by Crippen LogP contribution is -2.31. The minimum atomic E-state index is -0.582. The number of rotatable bonds is 7. The van der Waals surface area contributed by atoms with Gasteiger partial charge in [-0.2, -0.15) is 0 Å². The van der Waals surface area contributed by atoms with Gasteiger partial charge in [-0.05, 0) is 18.6 Å². The van der Waals surface area contributed by atoms with E-state index in [1.54, 1.807) is 25.3 Å². The van der Waals surface area contributed by atoms with Gasteiger partial charge in [-0.1, -0.05) is 0 Å². The maximum atomic E-state index is 12.1. The van der Waals surface area contributed by atoms with Crippen LogP contribution in [0.5, 0.6) is 11.5 Å². The fourth-order valence-electron chi connectivity index (χ4n) is 1.54. The predicted octanol–water partition coefficient (Wildman–Crippen LogP) is 1.25. The van der Waals surface area contributed by atoms with Crippen molar-refractivity contribution in [3.05, 3.63) is 23.8 Å². The summed E-state index contributed by atoms with van der Waals surface area (Å²) in [6, 6.07) is 4.42. The van der Waals surface area contributed by atoms with Gasteiger partial charge in [-0.25, -0.2) is 0 Å². The molecule has 1 atom stereocenters. The van der Waals surface area contributed by atoms with Crippen LogP contribution in [0.15, 0.2) is 18.2 Å². The summed E-state index contributed by atoms with van der Waals surface area (Å²) in [5.74, 6) is 0.984. The van der Waals surface area contributed by atoms with Gasteiger partial charge in [-0.3, -0.25) is 4.79 Å². The molecule has 0 heterocycles. The molecule has 0 aliphatic rings. The monoisotopic (exact) mass is 253 g/mol. The molecule has 0 amide bonds. The van der Waals surface area contributed by atoms with Crippen LogP contribution < -0.4 is 15.2 Å². The first kappa shape index (κ1) is 14.5. The summed E-state index contributed by atoms with van der Waals surface area (Å²) >= 11 is 0. The Morgan fingerprint density at radius 1 is 1.17 bits per heavy atom. The zero-order valence-corrected chi connectivity index (χ0v) is 10.9. The number of benzene rings is 1. The molecule has 5 heteroatoms. The fraction of sp³-hybridized carbons (Fsp3) is 0.462. The van der Waals surface area contributed by atoms with Gasteiger partial charge in [0.1, 0.15) is 11.5 Å². The number of carbonyl (C=O) groups excluding carboxylic acids is 1. The predicted molar refractivity (Wildman–Crippen MR) is 68.3 cm³/mol. The molecule has 5 nitrogen and oxygen atoms in total. The molecule has 1 rings (SSSR count). The van der Waals surface area contributed by atoms with Crippen molar-refractivity contribution in [1.29, 1.82) is 0 Å². The third-order valence-electron chi connectivity index (χ3n) is 2.61. The van der Waals surface area contributed by atoms with E-state index in [-0.39, 0.29) is 5.78 Å². The van der Waals surface area contributed by atoms with Crippen molar-refractivity contribution >= 4 is 5.78 Å². The summed E-state index contributed by atoms with van der Waals surface area (Å²) in [7, 11) is 4.65. The lowest BCUT2D eigenvalue weighted by molar-refractivity contribution is 0.0934. The third kappa shape index (κ3) is 3.72. The zero-order valence-electron chi connectivity index (χ0n) is 10.9. The van der Waals surface area contributed by atoms with Crippen LogP contribution in [0.25, 0.3) is 0 Å². The van der Waals surface area contributed by atoms with Gasteiger partial charge in [0.25, 0.3) is 0 Å². The highest BCUT2D eigenvalue weighted by Crippen LogP contribution is 2.23. The largest absolute Gasteiger partial charge is 0.497 e. The van der Waals surface area contributed by atoms with Crippen molar-refractivity contribution in [2.45, 2.75) is 12.5 Å². The molecule has 100 valence electrons. The number of methoxy groups -OCH3 is 3. The van der Waals surface area contributed by atoms with Crippen molar-refractivity contribution in [1.82, 2.24) is 0 Å². The molecule has 2 N–H and O–H groups in total. The van der Waals surface area contributed by atoms with Crippen LogP contribution in [0.1, 0.15) is 16.8 Å². The molecule has 0 spiro atoms. The van der Waals surface area contributed by atoms with Crippen molar-refractivity contribution in [3.8, 4) is 11.5 Å². The van der Waals surface area contributed by atoms with Crippen molar-refractivity contribution in [2.75, 3.05) is 27.9 Å². The van der Waals surface area contributed by atoms with Gasteiger partial charge in [0.15, 0.2) is 5.78 Å². The van der Waals surface area contributed by atoms with Crippen LogP contribution >= 0.6 is 0 Å². The van der Waals surface area contributed by atoms with Gasteiger partial charge in [0.2, 0.25) is 0 Å². The minimum absolute atomic E-state index is 0.149. The quantitative estimate of drug-likeness (QED) is 0.740.